The highest BCUT2D eigenvalue weighted by Gasteiger charge is 2.09. The van der Waals surface area contributed by atoms with Crippen LogP contribution in [0.25, 0.3) is 0 Å². The molecule has 0 saturated carbocycles. The molecule has 0 aromatic heterocycles. The van der Waals surface area contributed by atoms with E-state index in [-0.39, 0.29) is 11.4 Å². The van der Waals surface area contributed by atoms with Gasteiger partial charge in [0.1, 0.15) is 5.75 Å². The fraction of sp³-hybridized carbons (Fsp3) is 0.467. The Hall–Kier alpha value is -2.24. The summed E-state index contributed by atoms with van der Waals surface area (Å²) in [5.74, 6) is 0.952. The van der Waals surface area contributed by atoms with Crippen LogP contribution in [0.5, 0.6) is 5.75 Å². The SMILES string of the molecule is COc1ccc(C(=O)NCCN=C(N)NC(C)(C)C)cc1. The molecule has 1 aromatic carbocycles. The Bertz CT molecular complexity index is 489. The first kappa shape index (κ1) is 16.8. The Morgan fingerprint density at radius 2 is 1.90 bits per heavy atom. The van der Waals surface area contributed by atoms with Gasteiger partial charge in [-0.2, -0.15) is 0 Å². The summed E-state index contributed by atoms with van der Waals surface area (Å²) in [4.78, 5) is 16.0. The van der Waals surface area contributed by atoms with Gasteiger partial charge in [0.15, 0.2) is 5.96 Å². The van der Waals surface area contributed by atoms with Crippen LogP contribution in [-0.4, -0.2) is 37.6 Å². The van der Waals surface area contributed by atoms with E-state index in [2.05, 4.69) is 15.6 Å². The molecule has 116 valence electrons. The van der Waals surface area contributed by atoms with Gasteiger partial charge in [-0.15, -0.1) is 0 Å². The molecule has 6 heteroatoms. The van der Waals surface area contributed by atoms with Crippen molar-refractivity contribution in [1.82, 2.24) is 10.6 Å². The van der Waals surface area contributed by atoms with Gasteiger partial charge < -0.3 is 21.1 Å². The molecule has 0 aliphatic rings. The van der Waals surface area contributed by atoms with Gasteiger partial charge in [0.2, 0.25) is 0 Å². The summed E-state index contributed by atoms with van der Waals surface area (Å²) in [5.41, 5.74) is 6.19. The third-order valence-electron chi connectivity index (χ3n) is 2.53. The zero-order chi connectivity index (χ0) is 15.9. The Balaban J connectivity index is 2.38. The first-order chi connectivity index (χ1) is 9.81. The third-order valence-corrected chi connectivity index (χ3v) is 2.53. The summed E-state index contributed by atoms with van der Waals surface area (Å²) in [6, 6.07) is 6.93. The molecule has 0 radical (unpaired) electrons. The second kappa shape index (κ2) is 7.52. The fourth-order valence-corrected chi connectivity index (χ4v) is 1.61. The summed E-state index contributed by atoms with van der Waals surface area (Å²) >= 11 is 0. The summed E-state index contributed by atoms with van der Waals surface area (Å²) < 4.78 is 5.04. The number of carbonyl (C=O) groups is 1. The lowest BCUT2D eigenvalue weighted by molar-refractivity contribution is 0.0954. The summed E-state index contributed by atoms with van der Waals surface area (Å²) in [7, 11) is 1.59. The number of nitrogens with zero attached hydrogens (tertiary/aromatic N) is 1. The van der Waals surface area contributed by atoms with Crippen molar-refractivity contribution in [2.45, 2.75) is 26.3 Å². The molecule has 0 saturated heterocycles. The number of guanidine groups is 1. The summed E-state index contributed by atoms with van der Waals surface area (Å²) in [6.07, 6.45) is 0. The molecule has 0 unspecified atom stereocenters. The smallest absolute Gasteiger partial charge is 0.251 e. The van der Waals surface area contributed by atoms with Crippen LogP contribution in [0.4, 0.5) is 0 Å². The maximum Gasteiger partial charge on any atom is 0.251 e. The van der Waals surface area contributed by atoms with E-state index in [0.717, 1.165) is 5.75 Å². The van der Waals surface area contributed by atoms with Gasteiger partial charge >= 0.3 is 0 Å². The number of carbonyl (C=O) groups excluding carboxylic acids is 1. The first-order valence-electron chi connectivity index (χ1n) is 6.82. The van der Waals surface area contributed by atoms with Crippen molar-refractivity contribution >= 4 is 11.9 Å². The molecular formula is C15H24N4O2. The molecule has 0 aliphatic heterocycles. The highest BCUT2D eigenvalue weighted by Crippen LogP contribution is 2.10. The number of ether oxygens (including phenoxy) is 1. The number of aliphatic imine (C=N–C) groups is 1. The summed E-state index contributed by atoms with van der Waals surface area (Å²) in [6.45, 7) is 6.86. The van der Waals surface area contributed by atoms with Gasteiger partial charge in [0.25, 0.3) is 5.91 Å². The molecule has 0 spiro atoms. The van der Waals surface area contributed by atoms with E-state index in [1.165, 1.54) is 0 Å². The average Bonchev–Trinajstić information content (AvgIpc) is 2.41. The Kier molecular flexibility index (Phi) is 6.02. The topological polar surface area (TPSA) is 88.7 Å². The molecule has 0 bridgehead atoms. The number of hydrogen-bond donors (Lipinski definition) is 3. The molecule has 1 amide bonds. The molecule has 1 rings (SSSR count). The standard InChI is InChI=1S/C15H24N4O2/c1-15(2,3)19-14(16)18-10-9-17-13(20)11-5-7-12(21-4)8-6-11/h5-8H,9-10H2,1-4H3,(H,17,20)(H3,16,18,19). The van der Waals surface area contributed by atoms with Crippen molar-refractivity contribution in [2.75, 3.05) is 20.2 Å². The number of amides is 1. The number of benzene rings is 1. The minimum Gasteiger partial charge on any atom is -0.497 e. The molecule has 0 fully saturated rings. The quantitative estimate of drug-likeness (QED) is 0.431. The summed E-state index contributed by atoms with van der Waals surface area (Å²) in [5, 5.41) is 5.84. The number of nitrogens with two attached hydrogens (primary N) is 1. The molecule has 1 aromatic rings. The van der Waals surface area contributed by atoms with Crippen LogP contribution in [0.3, 0.4) is 0 Å². The lowest BCUT2D eigenvalue weighted by Crippen LogP contribution is -2.45. The zero-order valence-corrected chi connectivity index (χ0v) is 13.1. The maximum atomic E-state index is 11.9. The third kappa shape index (κ3) is 6.65. The van der Waals surface area contributed by atoms with Gasteiger partial charge in [-0.3, -0.25) is 9.79 Å². The normalized spacial score (nSPS) is 11.9. The lowest BCUT2D eigenvalue weighted by atomic mass is 10.1. The van der Waals surface area contributed by atoms with Gasteiger partial charge in [-0.1, -0.05) is 0 Å². The van der Waals surface area contributed by atoms with Crippen LogP contribution in [0.15, 0.2) is 29.3 Å². The Morgan fingerprint density at radius 3 is 2.43 bits per heavy atom. The molecular weight excluding hydrogens is 268 g/mol. The predicted octanol–water partition coefficient (Wildman–Crippen LogP) is 1.13. The van der Waals surface area contributed by atoms with E-state index in [9.17, 15) is 4.79 Å². The van der Waals surface area contributed by atoms with Crippen molar-refractivity contribution in [3.63, 3.8) is 0 Å². The molecule has 0 heterocycles. The lowest BCUT2D eigenvalue weighted by Gasteiger charge is -2.20. The minimum atomic E-state index is -0.143. The van der Waals surface area contributed by atoms with Crippen molar-refractivity contribution in [1.29, 1.82) is 0 Å². The number of rotatable bonds is 5. The van der Waals surface area contributed by atoms with Crippen LogP contribution >= 0.6 is 0 Å². The number of nitrogens with one attached hydrogen (secondary N) is 2. The van der Waals surface area contributed by atoms with E-state index in [0.29, 0.717) is 24.6 Å². The first-order valence-corrected chi connectivity index (χ1v) is 6.82. The van der Waals surface area contributed by atoms with Crippen LogP contribution in [0.2, 0.25) is 0 Å². The van der Waals surface area contributed by atoms with E-state index in [1.54, 1.807) is 31.4 Å². The van der Waals surface area contributed by atoms with Crippen molar-refractivity contribution in [2.24, 2.45) is 10.7 Å². The van der Waals surface area contributed by atoms with E-state index < -0.39 is 0 Å². The molecule has 4 N–H and O–H groups in total. The van der Waals surface area contributed by atoms with E-state index in [4.69, 9.17) is 10.5 Å². The van der Waals surface area contributed by atoms with Crippen LogP contribution in [0.1, 0.15) is 31.1 Å². The van der Waals surface area contributed by atoms with Gasteiger partial charge in [0, 0.05) is 17.6 Å². The zero-order valence-electron chi connectivity index (χ0n) is 13.1. The molecule has 6 nitrogen and oxygen atoms in total. The number of hydrogen-bond acceptors (Lipinski definition) is 3. The van der Waals surface area contributed by atoms with Crippen LogP contribution in [0, 0.1) is 0 Å². The van der Waals surface area contributed by atoms with Gasteiger partial charge in [0.05, 0.1) is 13.7 Å². The van der Waals surface area contributed by atoms with Crippen LogP contribution < -0.4 is 21.1 Å². The largest absolute Gasteiger partial charge is 0.497 e. The predicted molar refractivity (Wildman–Crippen MR) is 84.7 cm³/mol. The highest BCUT2D eigenvalue weighted by molar-refractivity contribution is 5.94. The monoisotopic (exact) mass is 292 g/mol. The molecule has 0 atom stereocenters. The Labute approximate surface area is 125 Å². The molecule has 21 heavy (non-hydrogen) atoms. The van der Waals surface area contributed by atoms with Crippen LogP contribution in [-0.2, 0) is 0 Å². The van der Waals surface area contributed by atoms with Gasteiger partial charge in [-0.05, 0) is 45.0 Å². The van der Waals surface area contributed by atoms with Crippen molar-refractivity contribution in [3.8, 4) is 5.75 Å². The van der Waals surface area contributed by atoms with E-state index >= 15 is 0 Å². The minimum absolute atomic E-state index is 0.125. The Morgan fingerprint density at radius 1 is 1.29 bits per heavy atom. The average molecular weight is 292 g/mol. The fourth-order valence-electron chi connectivity index (χ4n) is 1.61. The molecule has 0 aliphatic carbocycles. The number of methoxy groups -OCH3 is 1. The van der Waals surface area contributed by atoms with Crippen molar-refractivity contribution < 1.29 is 9.53 Å². The van der Waals surface area contributed by atoms with Crippen molar-refractivity contribution in [3.05, 3.63) is 29.8 Å². The second-order valence-corrected chi connectivity index (χ2v) is 5.63. The second-order valence-electron chi connectivity index (χ2n) is 5.63. The maximum absolute atomic E-state index is 11.9. The van der Waals surface area contributed by atoms with Gasteiger partial charge in [-0.25, -0.2) is 0 Å². The highest BCUT2D eigenvalue weighted by atomic mass is 16.5. The van der Waals surface area contributed by atoms with E-state index in [1.807, 2.05) is 20.8 Å².